The number of nitro benzene ring substituents is 1. The van der Waals surface area contributed by atoms with E-state index in [-0.39, 0.29) is 52.8 Å². The van der Waals surface area contributed by atoms with Crippen LogP contribution in [0.1, 0.15) is 11.8 Å². The van der Waals surface area contributed by atoms with Gasteiger partial charge >= 0.3 is 57.4 Å². The van der Waals surface area contributed by atoms with E-state index in [0.717, 1.165) is 18.2 Å². The molecule has 0 bridgehead atoms. The molecule has 10 heteroatoms. The predicted molar refractivity (Wildman–Crippen MR) is 48.8 cm³/mol. The van der Waals surface area contributed by atoms with E-state index in [1.165, 1.54) is 0 Å². The van der Waals surface area contributed by atoms with Crippen molar-refractivity contribution in [3.8, 4) is 5.75 Å². The first-order valence-corrected chi connectivity index (χ1v) is 3.76. The standard InChI is InChI=1S/C7H4N2O7.K.H/c10-7(11)4-2-1-3-5(8(12)13)6(4)16-9(14)15;;/h1-3H,(H,10,11);;/q;+1;-1. The summed E-state index contributed by atoms with van der Waals surface area (Å²) in [5, 5.41) is 27.9. The van der Waals surface area contributed by atoms with Gasteiger partial charge in [0.15, 0.2) is 0 Å². The van der Waals surface area contributed by atoms with Gasteiger partial charge in [-0.15, -0.1) is 10.1 Å². The Morgan fingerprint density at radius 2 is 1.94 bits per heavy atom. The average Bonchev–Trinajstić information content (AvgIpc) is 2.16. The number of carbonyl (C=O) groups is 1. The molecule has 1 N–H and O–H groups in total. The maximum atomic E-state index is 10.7. The summed E-state index contributed by atoms with van der Waals surface area (Å²) in [6.07, 6.45) is 0. The fraction of sp³-hybridized carbons (Fsp3) is 0. The Kier molecular flexibility index (Phi) is 6.19. The number of para-hydroxylation sites is 1. The molecule has 0 aliphatic rings. The summed E-state index contributed by atoms with van der Waals surface area (Å²) in [6.45, 7) is 0. The normalized spacial score (nSPS) is 8.94. The van der Waals surface area contributed by atoms with Gasteiger partial charge in [0.1, 0.15) is 0 Å². The number of nitro groups is 1. The minimum absolute atomic E-state index is 0. The minimum atomic E-state index is -1.56. The van der Waals surface area contributed by atoms with Gasteiger partial charge in [-0.2, -0.15) is 0 Å². The van der Waals surface area contributed by atoms with E-state index < -0.39 is 33.0 Å². The molecule has 0 aliphatic heterocycles. The predicted octanol–water partition coefficient (Wildman–Crippen LogP) is -2.02. The average molecular weight is 268 g/mol. The third-order valence-corrected chi connectivity index (χ3v) is 1.59. The van der Waals surface area contributed by atoms with Crippen LogP contribution >= 0.6 is 0 Å². The molecule has 86 valence electrons. The summed E-state index contributed by atoms with van der Waals surface area (Å²) < 4.78 is 0. The van der Waals surface area contributed by atoms with Crippen LogP contribution in [-0.2, 0) is 0 Å². The Morgan fingerprint density at radius 1 is 1.35 bits per heavy atom. The van der Waals surface area contributed by atoms with Crippen LogP contribution in [0.5, 0.6) is 5.75 Å². The van der Waals surface area contributed by atoms with Gasteiger partial charge in [0, 0.05) is 6.07 Å². The number of rotatable bonds is 4. The van der Waals surface area contributed by atoms with Crippen molar-refractivity contribution < 1.29 is 77.6 Å². The van der Waals surface area contributed by atoms with Gasteiger partial charge < -0.3 is 6.53 Å². The molecule has 1 rings (SSSR count). The van der Waals surface area contributed by atoms with Crippen LogP contribution in [0.3, 0.4) is 0 Å². The smallest absolute Gasteiger partial charge is 1.00 e. The van der Waals surface area contributed by atoms with E-state index in [4.69, 9.17) is 5.11 Å². The van der Waals surface area contributed by atoms with Gasteiger partial charge in [0.05, 0.1) is 10.5 Å². The molecule has 17 heavy (non-hydrogen) atoms. The Labute approximate surface area is 138 Å². The van der Waals surface area contributed by atoms with Crippen molar-refractivity contribution in [1.29, 1.82) is 0 Å². The van der Waals surface area contributed by atoms with E-state index in [1.807, 2.05) is 0 Å². The summed E-state index contributed by atoms with van der Waals surface area (Å²) in [7, 11) is 0. The summed E-state index contributed by atoms with van der Waals surface area (Å²) in [4.78, 5) is 34.2. The fourth-order valence-electron chi connectivity index (χ4n) is 1.01. The zero-order valence-corrected chi connectivity index (χ0v) is 11.6. The Hall–Kier alpha value is -1.07. The second-order valence-corrected chi connectivity index (χ2v) is 2.53. The van der Waals surface area contributed by atoms with Crippen molar-refractivity contribution in [3.05, 3.63) is 44.0 Å². The van der Waals surface area contributed by atoms with Crippen molar-refractivity contribution in [2.45, 2.75) is 0 Å². The van der Waals surface area contributed by atoms with Crippen molar-refractivity contribution in [3.63, 3.8) is 0 Å². The van der Waals surface area contributed by atoms with E-state index in [2.05, 4.69) is 4.84 Å². The molecule has 0 unspecified atom stereocenters. The largest absolute Gasteiger partial charge is 1.00 e. The van der Waals surface area contributed by atoms with Gasteiger partial charge in [-0.25, -0.2) is 4.79 Å². The molecule has 1 aromatic carbocycles. The van der Waals surface area contributed by atoms with E-state index in [9.17, 15) is 25.0 Å². The van der Waals surface area contributed by atoms with Gasteiger partial charge in [0.2, 0.25) is 5.75 Å². The second kappa shape index (κ2) is 6.61. The molecule has 0 spiro atoms. The van der Waals surface area contributed by atoms with E-state index >= 15 is 0 Å². The third-order valence-electron chi connectivity index (χ3n) is 1.59. The van der Waals surface area contributed by atoms with Crippen molar-refractivity contribution in [1.82, 2.24) is 0 Å². The second-order valence-electron chi connectivity index (χ2n) is 2.53. The van der Waals surface area contributed by atoms with Crippen LogP contribution in [0, 0.1) is 20.2 Å². The first kappa shape index (κ1) is 15.9. The van der Waals surface area contributed by atoms with Gasteiger partial charge in [-0.3, -0.25) is 15.0 Å². The molecule has 1 aromatic rings. The number of benzene rings is 1. The maximum absolute atomic E-state index is 10.7. The van der Waals surface area contributed by atoms with Crippen LogP contribution in [0.15, 0.2) is 18.2 Å². The van der Waals surface area contributed by atoms with Crippen LogP contribution in [0.4, 0.5) is 5.69 Å². The molecule has 0 fully saturated rings. The van der Waals surface area contributed by atoms with Crippen molar-refractivity contribution in [2.75, 3.05) is 0 Å². The summed E-state index contributed by atoms with van der Waals surface area (Å²) in [5.41, 5.74) is -1.43. The molecule has 0 atom stereocenters. The van der Waals surface area contributed by atoms with Gasteiger partial charge in [0.25, 0.3) is 10.8 Å². The number of hydrogen-bond acceptors (Lipinski definition) is 6. The van der Waals surface area contributed by atoms with E-state index in [1.54, 1.807) is 0 Å². The minimum Gasteiger partial charge on any atom is -1.00 e. The zero-order chi connectivity index (χ0) is 12.3. The number of hydrogen-bond donors (Lipinski definition) is 1. The molecular weight excluding hydrogens is 263 g/mol. The number of carboxylic acids is 1. The first-order chi connectivity index (χ1) is 7.43. The first-order valence-electron chi connectivity index (χ1n) is 3.76. The number of carboxylic acid groups (broad SMARTS) is 1. The van der Waals surface area contributed by atoms with Crippen molar-refractivity contribution >= 4 is 11.7 Å². The molecule has 0 heterocycles. The monoisotopic (exact) mass is 268 g/mol. The van der Waals surface area contributed by atoms with Gasteiger partial charge in [-0.1, -0.05) is 6.07 Å². The molecule has 0 amide bonds. The summed E-state index contributed by atoms with van der Waals surface area (Å²) in [6, 6.07) is 2.97. The summed E-state index contributed by atoms with van der Waals surface area (Å²) >= 11 is 0. The zero-order valence-electron chi connectivity index (χ0n) is 9.52. The van der Waals surface area contributed by atoms with Crippen LogP contribution < -0.4 is 56.2 Å². The molecule has 0 aromatic heterocycles. The van der Waals surface area contributed by atoms with Crippen LogP contribution in [0.2, 0.25) is 0 Å². The Balaban J connectivity index is 0. The maximum Gasteiger partial charge on any atom is 1.00 e. The Morgan fingerprint density at radius 3 is 2.35 bits per heavy atom. The van der Waals surface area contributed by atoms with E-state index in [0.29, 0.717) is 0 Å². The quantitative estimate of drug-likeness (QED) is 0.378. The molecule has 0 aliphatic carbocycles. The third kappa shape index (κ3) is 4.01. The molecule has 0 saturated heterocycles. The number of nitrogens with zero attached hydrogens (tertiary/aromatic N) is 2. The molecular formula is C7H5KN2O7. The van der Waals surface area contributed by atoms with Gasteiger partial charge in [-0.05, 0) is 6.07 Å². The number of aromatic carboxylic acids is 1. The SMILES string of the molecule is O=C(O)c1cccc([N+](=O)[O-])c1O[N+](=O)[O-].[H-].[K+]. The Bertz CT molecular complexity index is 449. The molecule has 0 radical (unpaired) electrons. The topological polar surface area (TPSA) is 133 Å². The van der Waals surface area contributed by atoms with Crippen LogP contribution in [-0.4, -0.2) is 21.1 Å². The molecule has 0 saturated carbocycles. The van der Waals surface area contributed by atoms with Crippen molar-refractivity contribution in [2.24, 2.45) is 0 Å². The molecule has 9 nitrogen and oxygen atoms in total. The summed E-state index contributed by atoms with van der Waals surface area (Å²) in [5.74, 6) is -2.45. The fourth-order valence-corrected chi connectivity index (χ4v) is 1.01. The van der Waals surface area contributed by atoms with Crippen LogP contribution in [0.25, 0.3) is 0 Å².